The summed E-state index contributed by atoms with van der Waals surface area (Å²) in [6, 6.07) is 20.1. The summed E-state index contributed by atoms with van der Waals surface area (Å²) in [5.74, 6) is 1.42. The molecule has 5 nitrogen and oxygen atoms in total. The molecule has 1 atom stereocenters. The number of rotatable bonds is 8. The molecular formula is C21H23N3O2. The molecule has 1 heterocycles. The zero-order valence-electron chi connectivity index (χ0n) is 14.9. The van der Waals surface area contributed by atoms with Gasteiger partial charge in [0, 0.05) is 25.8 Å². The van der Waals surface area contributed by atoms with E-state index < -0.39 is 0 Å². The third-order valence-electron chi connectivity index (χ3n) is 4.26. The second kappa shape index (κ2) is 8.94. The van der Waals surface area contributed by atoms with E-state index in [0.29, 0.717) is 37.5 Å². The Morgan fingerprint density at radius 2 is 1.77 bits per heavy atom. The molecule has 134 valence electrons. The van der Waals surface area contributed by atoms with Crippen LogP contribution in [-0.4, -0.2) is 22.6 Å². The van der Waals surface area contributed by atoms with Crippen LogP contribution in [0.15, 0.2) is 65.2 Å². The fourth-order valence-electron chi connectivity index (χ4n) is 2.72. The molecule has 2 aromatic carbocycles. The predicted octanol–water partition coefficient (Wildman–Crippen LogP) is 3.51. The molecule has 0 bridgehead atoms. The van der Waals surface area contributed by atoms with Gasteiger partial charge < -0.3 is 9.84 Å². The molecule has 26 heavy (non-hydrogen) atoms. The monoisotopic (exact) mass is 349 g/mol. The molecule has 0 aliphatic heterocycles. The largest absolute Gasteiger partial charge is 0.355 e. The van der Waals surface area contributed by atoms with Crippen molar-refractivity contribution in [2.75, 3.05) is 6.54 Å². The minimum absolute atomic E-state index is 0.00408. The van der Waals surface area contributed by atoms with Crippen molar-refractivity contribution in [2.45, 2.75) is 32.1 Å². The minimum atomic E-state index is -0.00408. The van der Waals surface area contributed by atoms with Crippen LogP contribution in [0.25, 0.3) is 0 Å². The summed E-state index contributed by atoms with van der Waals surface area (Å²) < 4.78 is 5.24. The van der Waals surface area contributed by atoms with Crippen LogP contribution in [0.3, 0.4) is 0 Å². The predicted molar refractivity (Wildman–Crippen MR) is 99.7 cm³/mol. The van der Waals surface area contributed by atoms with Crippen LogP contribution in [0.4, 0.5) is 0 Å². The number of aromatic nitrogens is 2. The van der Waals surface area contributed by atoms with Crippen LogP contribution in [0.1, 0.15) is 42.1 Å². The van der Waals surface area contributed by atoms with Gasteiger partial charge in [0.1, 0.15) is 0 Å². The van der Waals surface area contributed by atoms with Gasteiger partial charge >= 0.3 is 0 Å². The summed E-state index contributed by atoms with van der Waals surface area (Å²) >= 11 is 0. The Hall–Kier alpha value is -2.95. The second-order valence-corrected chi connectivity index (χ2v) is 6.38. The second-order valence-electron chi connectivity index (χ2n) is 6.38. The fraction of sp³-hybridized carbons (Fsp3) is 0.286. The van der Waals surface area contributed by atoms with Crippen molar-refractivity contribution in [2.24, 2.45) is 0 Å². The van der Waals surface area contributed by atoms with E-state index in [0.717, 1.165) is 5.56 Å². The molecule has 1 N–H and O–H groups in total. The van der Waals surface area contributed by atoms with Gasteiger partial charge in [-0.05, 0) is 17.0 Å². The van der Waals surface area contributed by atoms with E-state index in [1.54, 1.807) is 0 Å². The molecule has 0 saturated carbocycles. The molecule has 1 aromatic heterocycles. The number of hydrogen-bond acceptors (Lipinski definition) is 4. The molecule has 3 rings (SSSR count). The van der Waals surface area contributed by atoms with Gasteiger partial charge in [-0.15, -0.1) is 0 Å². The molecule has 0 saturated heterocycles. The summed E-state index contributed by atoms with van der Waals surface area (Å²) in [6.07, 6.45) is 1.42. The van der Waals surface area contributed by atoms with Crippen molar-refractivity contribution < 1.29 is 9.32 Å². The number of carbonyl (C=O) groups is 1. The van der Waals surface area contributed by atoms with E-state index in [2.05, 4.69) is 34.5 Å². The first-order chi connectivity index (χ1) is 12.7. The maximum Gasteiger partial charge on any atom is 0.227 e. The number of carbonyl (C=O) groups excluding carboxylic acids is 1. The highest BCUT2D eigenvalue weighted by Crippen LogP contribution is 2.13. The number of amides is 1. The van der Waals surface area contributed by atoms with E-state index in [1.807, 2.05) is 48.5 Å². The average molecular weight is 349 g/mol. The molecular weight excluding hydrogens is 326 g/mol. The van der Waals surface area contributed by atoms with Crippen LogP contribution >= 0.6 is 0 Å². The van der Waals surface area contributed by atoms with E-state index in [1.165, 1.54) is 5.56 Å². The van der Waals surface area contributed by atoms with Crippen LogP contribution in [0.5, 0.6) is 0 Å². The maximum atomic E-state index is 12.0. The SMILES string of the molecule is C[C@@H](CNC(=O)CCc1nc(Cc2ccccc2)no1)c1ccccc1. The van der Waals surface area contributed by atoms with Gasteiger partial charge in [-0.3, -0.25) is 4.79 Å². The molecule has 1 amide bonds. The van der Waals surface area contributed by atoms with Gasteiger partial charge in [0.25, 0.3) is 0 Å². The highest BCUT2D eigenvalue weighted by Gasteiger charge is 2.11. The zero-order valence-corrected chi connectivity index (χ0v) is 14.9. The van der Waals surface area contributed by atoms with Crippen molar-refractivity contribution in [3.8, 4) is 0 Å². The molecule has 5 heteroatoms. The van der Waals surface area contributed by atoms with Gasteiger partial charge in [-0.1, -0.05) is 72.7 Å². The highest BCUT2D eigenvalue weighted by atomic mass is 16.5. The van der Waals surface area contributed by atoms with Gasteiger partial charge in [0.15, 0.2) is 5.82 Å². The Labute approximate surface area is 153 Å². The first-order valence-corrected chi connectivity index (χ1v) is 8.88. The lowest BCUT2D eigenvalue weighted by Gasteiger charge is -2.12. The number of nitrogens with zero attached hydrogens (tertiary/aromatic N) is 2. The maximum absolute atomic E-state index is 12.0. The Balaban J connectivity index is 1.42. The Morgan fingerprint density at radius 3 is 2.50 bits per heavy atom. The Kier molecular flexibility index (Phi) is 6.14. The van der Waals surface area contributed by atoms with Crippen molar-refractivity contribution in [1.82, 2.24) is 15.5 Å². The first-order valence-electron chi connectivity index (χ1n) is 8.88. The normalized spacial score (nSPS) is 11.9. The van der Waals surface area contributed by atoms with Crippen molar-refractivity contribution >= 4 is 5.91 Å². The lowest BCUT2D eigenvalue weighted by molar-refractivity contribution is -0.121. The molecule has 0 unspecified atom stereocenters. The number of benzene rings is 2. The topological polar surface area (TPSA) is 68.0 Å². The third-order valence-corrected chi connectivity index (χ3v) is 4.26. The highest BCUT2D eigenvalue weighted by molar-refractivity contribution is 5.76. The van der Waals surface area contributed by atoms with E-state index in [-0.39, 0.29) is 11.8 Å². The smallest absolute Gasteiger partial charge is 0.227 e. The fourth-order valence-corrected chi connectivity index (χ4v) is 2.72. The summed E-state index contributed by atoms with van der Waals surface area (Å²) in [7, 11) is 0. The van der Waals surface area contributed by atoms with Crippen molar-refractivity contribution in [3.63, 3.8) is 0 Å². The number of aryl methyl sites for hydroxylation is 1. The Bertz CT molecular complexity index is 816. The summed E-state index contributed by atoms with van der Waals surface area (Å²) in [4.78, 5) is 16.4. The molecule has 3 aromatic rings. The third kappa shape index (κ3) is 5.28. The van der Waals surface area contributed by atoms with Gasteiger partial charge in [0.05, 0.1) is 0 Å². The summed E-state index contributed by atoms with van der Waals surface area (Å²) in [6.45, 7) is 2.72. The molecule has 0 radical (unpaired) electrons. The molecule has 0 spiro atoms. The molecule has 0 fully saturated rings. The first kappa shape index (κ1) is 17.9. The van der Waals surface area contributed by atoms with Gasteiger partial charge in [-0.2, -0.15) is 4.98 Å². The Morgan fingerprint density at radius 1 is 1.08 bits per heavy atom. The van der Waals surface area contributed by atoms with Gasteiger partial charge in [-0.25, -0.2) is 0 Å². The summed E-state index contributed by atoms with van der Waals surface area (Å²) in [5.41, 5.74) is 2.35. The number of hydrogen-bond donors (Lipinski definition) is 1. The van der Waals surface area contributed by atoms with Crippen LogP contribution in [-0.2, 0) is 17.6 Å². The van der Waals surface area contributed by atoms with Crippen LogP contribution < -0.4 is 5.32 Å². The quantitative estimate of drug-likeness (QED) is 0.676. The van der Waals surface area contributed by atoms with Crippen LogP contribution in [0.2, 0.25) is 0 Å². The molecule has 0 aliphatic rings. The number of nitrogens with one attached hydrogen (secondary N) is 1. The van der Waals surface area contributed by atoms with Crippen molar-refractivity contribution in [1.29, 1.82) is 0 Å². The lowest BCUT2D eigenvalue weighted by atomic mass is 10.0. The van der Waals surface area contributed by atoms with E-state index >= 15 is 0 Å². The van der Waals surface area contributed by atoms with Gasteiger partial charge in [0.2, 0.25) is 11.8 Å². The summed E-state index contributed by atoms with van der Waals surface area (Å²) in [5, 5.41) is 6.95. The minimum Gasteiger partial charge on any atom is -0.355 e. The average Bonchev–Trinajstić information content (AvgIpc) is 3.13. The molecule has 0 aliphatic carbocycles. The van der Waals surface area contributed by atoms with E-state index in [4.69, 9.17) is 4.52 Å². The lowest BCUT2D eigenvalue weighted by Crippen LogP contribution is -2.27. The zero-order chi connectivity index (χ0) is 18.2. The van der Waals surface area contributed by atoms with E-state index in [9.17, 15) is 4.79 Å². The standard InChI is InChI=1S/C21H23N3O2/c1-16(18-10-6-3-7-11-18)15-22-20(25)12-13-21-23-19(24-26-21)14-17-8-4-2-5-9-17/h2-11,16H,12-15H2,1H3,(H,22,25)/t16-/m0/s1. The van der Waals surface area contributed by atoms with Crippen LogP contribution in [0, 0.1) is 0 Å². The van der Waals surface area contributed by atoms with Crippen molar-refractivity contribution in [3.05, 3.63) is 83.5 Å².